The quantitative estimate of drug-likeness (QED) is 0.436. The van der Waals surface area contributed by atoms with Gasteiger partial charge in [0.05, 0.1) is 6.61 Å². The average molecular weight is 328 g/mol. The third-order valence-electron chi connectivity index (χ3n) is 4.34. The maximum Gasteiger partial charge on any atom is 0.165 e. The third-order valence-corrected chi connectivity index (χ3v) is 4.34. The number of benzene rings is 2. The largest absolute Gasteiger partial charge is 0.491 e. The molecule has 0 aliphatic rings. The summed E-state index contributed by atoms with van der Waals surface area (Å²) in [6.07, 6.45) is 9.05. The fourth-order valence-corrected chi connectivity index (χ4v) is 2.93. The van der Waals surface area contributed by atoms with Gasteiger partial charge in [-0.3, -0.25) is 0 Å². The van der Waals surface area contributed by atoms with Gasteiger partial charge in [-0.05, 0) is 48.6 Å². The predicted octanol–water partition coefficient (Wildman–Crippen LogP) is 6.79. The van der Waals surface area contributed by atoms with Crippen LogP contribution in [0.25, 0.3) is 11.1 Å². The maximum absolute atomic E-state index is 14.0. The third kappa shape index (κ3) is 5.67. The van der Waals surface area contributed by atoms with Gasteiger partial charge in [-0.2, -0.15) is 0 Å². The lowest BCUT2D eigenvalue weighted by atomic mass is 10.0. The molecule has 2 aromatic rings. The minimum Gasteiger partial charge on any atom is -0.491 e. The van der Waals surface area contributed by atoms with Crippen molar-refractivity contribution in [2.24, 2.45) is 0 Å². The molecule has 0 N–H and O–H groups in total. The number of halogens is 1. The Bertz CT molecular complexity index is 604. The van der Waals surface area contributed by atoms with E-state index in [1.165, 1.54) is 44.1 Å². The zero-order valence-corrected chi connectivity index (χ0v) is 15.0. The van der Waals surface area contributed by atoms with Crippen LogP contribution in [0.3, 0.4) is 0 Å². The van der Waals surface area contributed by atoms with Gasteiger partial charge in [0.2, 0.25) is 0 Å². The second-order valence-corrected chi connectivity index (χ2v) is 6.29. The first-order chi connectivity index (χ1) is 11.7. The van der Waals surface area contributed by atoms with E-state index in [-0.39, 0.29) is 5.82 Å². The molecule has 0 fully saturated rings. The molecule has 0 aromatic heterocycles. The molecule has 0 saturated carbocycles. The van der Waals surface area contributed by atoms with E-state index < -0.39 is 0 Å². The van der Waals surface area contributed by atoms with Crippen molar-refractivity contribution in [3.63, 3.8) is 0 Å². The summed E-state index contributed by atoms with van der Waals surface area (Å²) in [5, 5.41) is 0. The lowest BCUT2D eigenvalue weighted by Crippen LogP contribution is -1.94. The fraction of sp³-hybridized carbons (Fsp3) is 0.455. The van der Waals surface area contributed by atoms with Gasteiger partial charge >= 0.3 is 0 Å². The van der Waals surface area contributed by atoms with Crippen molar-refractivity contribution in [3.8, 4) is 16.9 Å². The van der Waals surface area contributed by atoms with E-state index >= 15 is 0 Å². The molecule has 0 saturated heterocycles. The topological polar surface area (TPSA) is 9.23 Å². The number of hydrogen-bond acceptors (Lipinski definition) is 1. The Balaban J connectivity index is 1.88. The summed E-state index contributed by atoms with van der Waals surface area (Å²) < 4.78 is 19.2. The highest BCUT2D eigenvalue weighted by Crippen LogP contribution is 2.26. The monoisotopic (exact) mass is 328 g/mol. The van der Waals surface area contributed by atoms with Gasteiger partial charge in [0.15, 0.2) is 11.6 Å². The molecule has 0 spiro atoms. The molecule has 0 aliphatic carbocycles. The second-order valence-electron chi connectivity index (χ2n) is 6.29. The van der Waals surface area contributed by atoms with Crippen LogP contribution in [0.4, 0.5) is 4.39 Å². The summed E-state index contributed by atoms with van der Waals surface area (Å²) >= 11 is 0. The van der Waals surface area contributed by atoms with Crippen molar-refractivity contribution >= 4 is 0 Å². The highest BCUT2D eigenvalue weighted by atomic mass is 19.1. The second kappa shape index (κ2) is 10.1. The SMILES string of the molecule is CCCCCCCCc1ccc(-c2ccc(OCC)c(F)c2)cc1. The number of unbranched alkanes of at least 4 members (excludes halogenated alkanes) is 5. The first kappa shape index (κ1) is 18.5. The summed E-state index contributed by atoms with van der Waals surface area (Å²) in [5.74, 6) is 0.0199. The van der Waals surface area contributed by atoms with Crippen LogP contribution in [0.15, 0.2) is 42.5 Å². The summed E-state index contributed by atoms with van der Waals surface area (Å²) in [6.45, 7) is 4.58. The average Bonchev–Trinajstić information content (AvgIpc) is 2.60. The Morgan fingerprint density at radius 1 is 0.792 bits per heavy atom. The molecule has 2 aromatic carbocycles. The van der Waals surface area contributed by atoms with Crippen molar-refractivity contribution in [2.45, 2.75) is 58.8 Å². The summed E-state index contributed by atoms with van der Waals surface area (Å²) in [6, 6.07) is 13.7. The van der Waals surface area contributed by atoms with E-state index in [9.17, 15) is 4.39 Å². The molecule has 2 heteroatoms. The Kier molecular flexibility index (Phi) is 7.81. The number of ether oxygens (including phenoxy) is 1. The number of rotatable bonds is 10. The molecular weight excluding hydrogens is 299 g/mol. The fourth-order valence-electron chi connectivity index (χ4n) is 2.93. The zero-order chi connectivity index (χ0) is 17.2. The van der Waals surface area contributed by atoms with Gasteiger partial charge in [0.1, 0.15) is 0 Å². The lowest BCUT2D eigenvalue weighted by molar-refractivity contribution is 0.321. The van der Waals surface area contributed by atoms with Crippen molar-refractivity contribution in [1.82, 2.24) is 0 Å². The van der Waals surface area contributed by atoms with E-state index in [0.717, 1.165) is 17.5 Å². The van der Waals surface area contributed by atoms with Crippen molar-refractivity contribution in [3.05, 3.63) is 53.8 Å². The highest BCUT2D eigenvalue weighted by Gasteiger charge is 2.06. The molecule has 0 aliphatic heterocycles. The smallest absolute Gasteiger partial charge is 0.165 e. The van der Waals surface area contributed by atoms with Crippen LogP contribution >= 0.6 is 0 Å². The molecule has 0 bridgehead atoms. The van der Waals surface area contributed by atoms with Gasteiger partial charge in [-0.1, -0.05) is 69.4 Å². The molecule has 0 unspecified atom stereocenters. The van der Waals surface area contributed by atoms with Crippen LogP contribution in [0, 0.1) is 5.82 Å². The first-order valence-corrected chi connectivity index (χ1v) is 9.26. The van der Waals surface area contributed by atoms with Gasteiger partial charge < -0.3 is 4.74 Å². The minimum atomic E-state index is -0.300. The summed E-state index contributed by atoms with van der Waals surface area (Å²) in [7, 11) is 0. The molecule has 24 heavy (non-hydrogen) atoms. The van der Waals surface area contributed by atoms with Gasteiger partial charge in [-0.15, -0.1) is 0 Å². The van der Waals surface area contributed by atoms with E-state index in [1.807, 2.05) is 13.0 Å². The molecule has 130 valence electrons. The van der Waals surface area contributed by atoms with Crippen molar-refractivity contribution < 1.29 is 9.13 Å². The van der Waals surface area contributed by atoms with E-state index in [4.69, 9.17) is 4.74 Å². The van der Waals surface area contributed by atoms with Gasteiger partial charge in [0, 0.05) is 0 Å². The Labute approximate surface area is 145 Å². The van der Waals surface area contributed by atoms with Crippen LogP contribution in [-0.2, 0) is 6.42 Å². The van der Waals surface area contributed by atoms with Gasteiger partial charge in [-0.25, -0.2) is 4.39 Å². The molecular formula is C22H29FO. The highest BCUT2D eigenvalue weighted by molar-refractivity contribution is 5.64. The van der Waals surface area contributed by atoms with Crippen LogP contribution in [0.5, 0.6) is 5.75 Å². The minimum absolute atomic E-state index is 0.300. The maximum atomic E-state index is 14.0. The Morgan fingerprint density at radius 2 is 1.46 bits per heavy atom. The molecule has 0 atom stereocenters. The van der Waals surface area contributed by atoms with Gasteiger partial charge in [0.25, 0.3) is 0 Å². The van der Waals surface area contributed by atoms with Crippen LogP contribution in [0.1, 0.15) is 57.9 Å². The summed E-state index contributed by atoms with van der Waals surface area (Å²) in [4.78, 5) is 0. The molecule has 1 nitrogen and oxygen atoms in total. The molecule has 0 radical (unpaired) electrons. The van der Waals surface area contributed by atoms with Crippen molar-refractivity contribution in [1.29, 1.82) is 0 Å². The molecule has 0 heterocycles. The normalized spacial score (nSPS) is 10.8. The van der Waals surface area contributed by atoms with Crippen LogP contribution in [0.2, 0.25) is 0 Å². The number of aryl methyl sites for hydroxylation is 1. The molecule has 2 rings (SSSR count). The Morgan fingerprint density at radius 3 is 2.12 bits per heavy atom. The predicted molar refractivity (Wildman–Crippen MR) is 100 cm³/mol. The van der Waals surface area contributed by atoms with E-state index in [2.05, 4.69) is 31.2 Å². The van der Waals surface area contributed by atoms with Crippen molar-refractivity contribution in [2.75, 3.05) is 6.61 Å². The van der Waals surface area contributed by atoms with Crippen LogP contribution in [-0.4, -0.2) is 6.61 Å². The molecule has 0 amide bonds. The van der Waals surface area contributed by atoms with E-state index in [0.29, 0.717) is 12.4 Å². The first-order valence-electron chi connectivity index (χ1n) is 9.26. The zero-order valence-electron chi connectivity index (χ0n) is 15.0. The summed E-state index contributed by atoms with van der Waals surface area (Å²) in [5.41, 5.74) is 3.30. The van der Waals surface area contributed by atoms with Crippen LogP contribution < -0.4 is 4.74 Å². The standard InChI is InChI=1S/C22H29FO/c1-3-5-6-7-8-9-10-18-11-13-19(14-12-18)20-15-16-22(24-4-2)21(23)17-20/h11-17H,3-10H2,1-2H3. The lowest BCUT2D eigenvalue weighted by Gasteiger charge is -2.08. The number of hydrogen-bond donors (Lipinski definition) is 0. The Hall–Kier alpha value is -1.83. The van der Waals surface area contributed by atoms with E-state index in [1.54, 1.807) is 12.1 Å².